The highest BCUT2D eigenvalue weighted by Crippen LogP contribution is 2.10. The molecule has 8 heteroatoms. The molecule has 4 rings (SSSR count). The number of rotatable bonds is 4. The van der Waals surface area contributed by atoms with E-state index in [-0.39, 0.29) is 31.1 Å². The Kier molecular flexibility index (Phi) is 8.62. The zero-order valence-corrected chi connectivity index (χ0v) is 18.0. The lowest BCUT2D eigenvalue weighted by atomic mass is 10.2. The minimum absolute atomic E-state index is 0.0941. The average Bonchev–Trinajstić information content (AvgIpc) is 3.46. The molecule has 170 valence electrons. The summed E-state index contributed by atoms with van der Waals surface area (Å²) in [6, 6.07) is 19.2. The van der Waals surface area contributed by atoms with Crippen molar-refractivity contribution in [2.24, 2.45) is 5.73 Å². The van der Waals surface area contributed by atoms with Crippen molar-refractivity contribution in [1.29, 1.82) is 0 Å². The van der Waals surface area contributed by atoms with E-state index in [0.29, 0.717) is 32.7 Å². The third-order valence-corrected chi connectivity index (χ3v) is 5.18. The average molecular weight is 440 g/mol. The zero-order valence-electron chi connectivity index (χ0n) is 18.0. The Balaban J connectivity index is 0.000000181. The molecule has 2 aliphatic heterocycles. The van der Waals surface area contributed by atoms with Crippen LogP contribution in [0.3, 0.4) is 0 Å². The molecule has 2 fully saturated rings. The fraction of sp³-hybridized carbons (Fsp3) is 0.375. The highest BCUT2D eigenvalue weighted by atomic mass is 16.6. The molecule has 2 amide bonds. The second-order valence-corrected chi connectivity index (χ2v) is 7.79. The first-order valence-electron chi connectivity index (χ1n) is 10.7. The fourth-order valence-corrected chi connectivity index (χ4v) is 3.36. The van der Waals surface area contributed by atoms with Crippen LogP contribution in [-0.4, -0.2) is 60.0 Å². The van der Waals surface area contributed by atoms with Crippen LogP contribution < -0.4 is 5.73 Å². The lowest BCUT2D eigenvalue weighted by molar-refractivity contribution is -0.116. The third kappa shape index (κ3) is 7.39. The number of ketones is 1. The first kappa shape index (κ1) is 23.3. The van der Waals surface area contributed by atoms with Crippen molar-refractivity contribution in [3.05, 3.63) is 71.8 Å². The molecule has 0 aliphatic carbocycles. The van der Waals surface area contributed by atoms with Gasteiger partial charge in [0.15, 0.2) is 5.78 Å². The zero-order chi connectivity index (χ0) is 22.8. The molecular formula is C24H29N3O5. The summed E-state index contributed by atoms with van der Waals surface area (Å²) in [5.41, 5.74) is 7.67. The summed E-state index contributed by atoms with van der Waals surface area (Å²) >= 11 is 0. The van der Waals surface area contributed by atoms with E-state index in [2.05, 4.69) is 0 Å². The largest absolute Gasteiger partial charge is 0.445 e. The number of Topliss-reactive ketones (excluding diaryl/α,β-unsaturated/α-hetero) is 1. The molecule has 2 aromatic carbocycles. The van der Waals surface area contributed by atoms with Gasteiger partial charge < -0.3 is 25.0 Å². The summed E-state index contributed by atoms with van der Waals surface area (Å²) in [7, 11) is 0. The van der Waals surface area contributed by atoms with E-state index >= 15 is 0 Å². The highest BCUT2D eigenvalue weighted by molar-refractivity contribution is 5.87. The van der Waals surface area contributed by atoms with Crippen molar-refractivity contribution >= 4 is 18.0 Å². The number of carbonyl (C=O) groups is 3. The van der Waals surface area contributed by atoms with Gasteiger partial charge in [-0.15, -0.1) is 0 Å². The summed E-state index contributed by atoms with van der Waals surface area (Å²) in [4.78, 5) is 37.2. The lowest BCUT2D eigenvalue weighted by Gasteiger charge is -2.15. The molecule has 2 aliphatic rings. The molecule has 0 saturated carbocycles. The predicted octanol–water partition coefficient (Wildman–Crippen LogP) is 2.95. The number of benzene rings is 2. The maximum Gasteiger partial charge on any atom is 0.410 e. The Hall–Kier alpha value is -3.39. The monoisotopic (exact) mass is 439 g/mol. The summed E-state index contributed by atoms with van der Waals surface area (Å²) in [6.45, 7) is 2.55. The first-order valence-corrected chi connectivity index (χ1v) is 10.7. The fourth-order valence-electron chi connectivity index (χ4n) is 3.36. The van der Waals surface area contributed by atoms with Gasteiger partial charge >= 0.3 is 12.2 Å². The van der Waals surface area contributed by atoms with Crippen molar-refractivity contribution in [1.82, 2.24) is 9.80 Å². The van der Waals surface area contributed by atoms with Crippen LogP contribution in [0.15, 0.2) is 60.7 Å². The maximum atomic E-state index is 11.6. The molecule has 0 spiro atoms. The third-order valence-electron chi connectivity index (χ3n) is 5.18. The highest BCUT2D eigenvalue weighted by Gasteiger charge is 2.25. The van der Waals surface area contributed by atoms with Gasteiger partial charge in [0.1, 0.15) is 13.2 Å². The van der Waals surface area contributed by atoms with Crippen LogP contribution in [0.4, 0.5) is 9.59 Å². The van der Waals surface area contributed by atoms with Crippen LogP contribution in [-0.2, 0) is 27.5 Å². The van der Waals surface area contributed by atoms with E-state index in [1.807, 2.05) is 60.7 Å². The van der Waals surface area contributed by atoms with Crippen LogP contribution in [0, 0.1) is 0 Å². The summed E-state index contributed by atoms with van der Waals surface area (Å²) in [5, 5.41) is 0. The van der Waals surface area contributed by atoms with E-state index in [1.54, 1.807) is 4.90 Å². The Morgan fingerprint density at radius 2 is 1.38 bits per heavy atom. The molecule has 0 bridgehead atoms. The van der Waals surface area contributed by atoms with E-state index in [1.165, 1.54) is 4.90 Å². The molecule has 2 aromatic rings. The Labute approximate surface area is 187 Å². The Morgan fingerprint density at radius 3 is 1.81 bits per heavy atom. The molecule has 0 radical (unpaired) electrons. The number of hydrogen-bond donors (Lipinski definition) is 1. The normalized spacial score (nSPS) is 17.5. The van der Waals surface area contributed by atoms with Gasteiger partial charge in [-0.05, 0) is 17.5 Å². The summed E-state index contributed by atoms with van der Waals surface area (Å²) in [5.74, 6) is 0.0941. The number of ether oxygens (including phenoxy) is 2. The minimum Gasteiger partial charge on any atom is -0.445 e. The molecular weight excluding hydrogens is 410 g/mol. The van der Waals surface area contributed by atoms with Gasteiger partial charge in [-0.25, -0.2) is 9.59 Å². The van der Waals surface area contributed by atoms with Crippen LogP contribution in [0.1, 0.15) is 24.0 Å². The maximum absolute atomic E-state index is 11.6. The topological polar surface area (TPSA) is 102 Å². The second-order valence-electron chi connectivity index (χ2n) is 7.79. The predicted molar refractivity (Wildman–Crippen MR) is 119 cm³/mol. The van der Waals surface area contributed by atoms with Gasteiger partial charge in [-0.2, -0.15) is 0 Å². The standard InChI is InChI=1S/C12H16N2O2.C12H13NO3/c13-11-6-7-14(8-11)12(15)16-9-10-4-2-1-3-5-10;14-11-6-7-13(8-11)12(15)16-9-10-4-2-1-3-5-10/h1-5,11H,6-9,13H2;1-5H,6-9H2/t11-;/m0./s1. The van der Waals surface area contributed by atoms with Crippen LogP contribution in [0.5, 0.6) is 0 Å². The molecule has 2 saturated heterocycles. The Bertz CT molecular complexity index is 891. The van der Waals surface area contributed by atoms with E-state index in [0.717, 1.165) is 17.5 Å². The van der Waals surface area contributed by atoms with Crippen LogP contribution in [0.2, 0.25) is 0 Å². The SMILES string of the molecule is N[C@H]1CCN(C(=O)OCc2ccccc2)C1.O=C1CCN(C(=O)OCc2ccccc2)C1. The van der Waals surface area contributed by atoms with Crippen molar-refractivity contribution < 1.29 is 23.9 Å². The number of nitrogens with zero attached hydrogens (tertiary/aromatic N) is 2. The quantitative estimate of drug-likeness (QED) is 0.786. The van der Waals surface area contributed by atoms with Gasteiger partial charge in [0, 0.05) is 32.1 Å². The van der Waals surface area contributed by atoms with Crippen molar-refractivity contribution in [3.8, 4) is 0 Å². The number of nitrogens with two attached hydrogens (primary N) is 1. The lowest BCUT2D eigenvalue weighted by Crippen LogP contribution is -2.32. The number of hydrogen-bond acceptors (Lipinski definition) is 6. The molecule has 1 atom stereocenters. The Morgan fingerprint density at radius 1 is 0.844 bits per heavy atom. The van der Waals surface area contributed by atoms with Crippen LogP contribution >= 0.6 is 0 Å². The molecule has 0 unspecified atom stereocenters. The molecule has 8 nitrogen and oxygen atoms in total. The summed E-state index contributed by atoms with van der Waals surface area (Å²) < 4.78 is 10.3. The van der Waals surface area contributed by atoms with Gasteiger partial charge in [0.2, 0.25) is 0 Å². The van der Waals surface area contributed by atoms with Crippen LogP contribution in [0.25, 0.3) is 0 Å². The van der Waals surface area contributed by atoms with Crippen molar-refractivity contribution in [2.75, 3.05) is 26.2 Å². The van der Waals surface area contributed by atoms with Gasteiger partial charge in [0.25, 0.3) is 0 Å². The van der Waals surface area contributed by atoms with Crippen molar-refractivity contribution in [3.63, 3.8) is 0 Å². The molecule has 2 N–H and O–H groups in total. The first-order chi connectivity index (χ1) is 15.5. The molecule has 32 heavy (non-hydrogen) atoms. The van der Waals surface area contributed by atoms with E-state index in [4.69, 9.17) is 15.2 Å². The van der Waals surface area contributed by atoms with E-state index < -0.39 is 6.09 Å². The van der Waals surface area contributed by atoms with Gasteiger partial charge in [-0.3, -0.25) is 4.79 Å². The molecule has 2 heterocycles. The minimum atomic E-state index is -0.408. The smallest absolute Gasteiger partial charge is 0.410 e. The number of amides is 2. The van der Waals surface area contributed by atoms with Gasteiger partial charge in [-0.1, -0.05) is 60.7 Å². The molecule has 0 aromatic heterocycles. The van der Waals surface area contributed by atoms with Crippen molar-refractivity contribution in [2.45, 2.75) is 32.1 Å². The van der Waals surface area contributed by atoms with Gasteiger partial charge in [0.05, 0.1) is 6.54 Å². The number of carbonyl (C=O) groups excluding carboxylic acids is 3. The summed E-state index contributed by atoms with van der Waals surface area (Å²) in [6.07, 6.45) is 0.632. The number of likely N-dealkylation sites (tertiary alicyclic amines) is 2. The second kappa shape index (κ2) is 11.9. The van der Waals surface area contributed by atoms with E-state index in [9.17, 15) is 14.4 Å².